The first-order valence-electron chi connectivity index (χ1n) is 3.45. The highest BCUT2D eigenvalue weighted by molar-refractivity contribution is 9.13. The lowest BCUT2D eigenvalue weighted by molar-refractivity contribution is 0.422. The van der Waals surface area contributed by atoms with Gasteiger partial charge in [0, 0.05) is 14.4 Å². The van der Waals surface area contributed by atoms with Crippen LogP contribution in [0.15, 0.2) is 15.0 Å². The number of hydrogen-bond acceptors (Lipinski definition) is 2. The Kier molecular flexibility index (Phi) is 3.51. The van der Waals surface area contributed by atoms with Gasteiger partial charge < -0.3 is 10.0 Å². The third kappa shape index (κ3) is 2.12. The van der Waals surface area contributed by atoms with E-state index >= 15 is 0 Å². The molecule has 0 bridgehead atoms. The van der Waals surface area contributed by atoms with Crippen LogP contribution in [0.25, 0.3) is 0 Å². The minimum absolute atomic E-state index is 0.146. The average Bonchev–Trinajstić information content (AvgIpc) is 2.01. The minimum atomic E-state index is -1.81. The molecule has 2 N–H and O–H groups in total. The van der Waals surface area contributed by atoms with Crippen molar-refractivity contribution < 1.29 is 14.4 Å². The molecule has 0 radical (unpaired) electrons. The maximum atomic E-state index is 13.3. The monoisotopic (exact) mass is 310 g/mol. The Bertz CT molecular complexity index is 318. The van der Waals surface area contributed by atoms with Crippen LogP contribution in [0.2, 0.25) is 0 Å². The van der Waals surface area contributed by atoms with E-state index in [1.54, 1.807) is 13.0 Å². The second-order valence-corrected chi connectivity index (χ2v) is 4.24. The molecule has 13 heavy (non-hydrogen) atoms. The molecule has 0 aliphatic rings. The van der Waals surface area contributed by atoms with Crippen molar-refractivity contribution in [3.05, 3.63) is 26.4 Å². The Labute approximate surface area is 92.2 Å². The zero-order valence-electron chi connectivity index (χ0n) is 6.68. The van der Waals surface area contributed by atoms with E-state index in [-0.39, 0.29) is 5.46 Å². The largest absolute Gasteiger partial charge is 0.492 e. The lowest BCUT2D eigenvalue weighted by atomic mass is 9.79. The Balaban J connectivity index is 3.46. The van der Waals surface area contributed by atoms with Gasteiger partial charge in [0.1, 0.15) is 5.82 Å². The van der Waals surface area contributed by atoms with Gasteiger partial charge in [0.05, 0.1) is 0 Å². The van der Waals surface area contributed by atoms with Gasteiger partial charge >= 0.3 is 7.12 Å². The van der Waals surface area contributed by atoms with Crippen LogP contribution in [0.5, 0.6) is 0 Å². The fourth-order valence-corrected chi connectivity index (χ4v) is 2.03. The molecule has 70 valence electrons. The molecule has 2 nitrogen and oxygen atoms in total. The molecule has 0 amide bonds. The summed E-state index contributed by atoms with van der Waals surface area (Å²) in [5, 5.41) is 17.8. The molecule has 1 aromatic rings. The van der Waals surface area contributed by atoms with E-state index in [0.29, 0.717) is 14.5 Å². The Morgan fingerprint density at radius 2 is 1.92 bits per heavy atom. The van der Waals surface area contributed by atoms with E-state index in [0.717, 1.165) is 0 Å². The maximum absolute atomic E-state index is 13.3. The highest BCUT2D eigenvalue weighted by Crippen LogP contribution is 2.24. The van der Waals surface area contributed by atoms with Crippen molar-refractivity contribution in [2.24, 2.45) is 0 Å². The van der Waals surface area contributed by atoms with Crippen molar-refractivity contribution in [3.8, 4) is 0 Å². The van der Waals surface area contributed by atoms with Gasteiger partial charge in [-0.15, -0.1) is 0 Å². The lowest BCUT2D eigenvalue weighted by Crippen LogP contribution is -2.34. The zero-order chi connectivity index (χ0) is 10.2. The summed E-state index contributed by atoms with van der Waals surface area (Å²) in [7, 11) is -1.81. The van der Waals surface area contributed by atoms with Crippen molar-refractivity contribution in [2.45, 2.75) is 6.92 Å². The quantitative estimate of drug-likeness (QED) is 0.607. The van der Waals surface area contributed by atoms with E-state index in [2.05, 4.69) is 31.9 Å². The first kappa shape index (κ1) is 11.2. The number of benzene rings is 1. The third-order valence-electron chi connectivity index (χ3n) is 1.63. The molecule has 0 aliphatic heterocycles. The van der Waals surface area contributed by atoms with Gasteiger partial charge in [-0.3, -0.25) is 0 Å². The minimum Gasteiger partial charge on any atom is -0.423 e. The predicted molar refractivity (Wildman–Crippen MR) is 56.4 cm³/mol. The van der Waals surface area contributed by atoms with Gasteiger partial charge in [-0.25, -0.2) is 4.39 Å². The molecule has 0 heterocycles. The maximum Gasteiger partial charge on any atom is 0.492 e. The lowest BCUT2D eigenvalue weighted by Gasteiger charge is -2.09. The summed E-state index contributed by atoms with van der Waals surface area (Å²) >= 11 is 6.22. The second-order valence-electron chi connectivity index (χ2n) is 2.59. The molecule has 0 aromatic heterocycles. The van der Waals surface area contributed by atoms with E-state index in [1.807, 2.05) is 0 Å². The van der Waals surface area contributed by atoms with Crippen LogP contribution in [-0.4, -0.2) is 17.2 Å². The van der Waals surface area contributed by atoms with Crippen LogP contribution < -0.4 is 5.46 Å². The third-order valence-corrected chi connectivity index (χ3v) is 3.64. The molecule has 0 fully saturated rings. The molecule has 6 heteroatoms. The summed E-state index contributed by atoms with van der Waals surface area (Å²) in [6, 6.07) is 1.56. The molecule has 1 aromatic carbocycles. The summed E-state index contributed by atoms with van der Waals surface area (Å²) in [6.07, 6.45) is 0. The molecule has 0 spiro atoms. The fraction of sp³-hybridized carbons (Fsp3) is 0.143. The Hall–Kier alpha value is 0.0949. The molecular formula is C7H6BBr2FO2. The summed E-state index contributed by atoms with van der Waals surface area (Å²) < 4.78 is 14.2. The van der Waals surface area contributed by atoms with Crippen LogP contribution in [0.1, 0.15) is 5.56 Å². The van der Waals surface area contributed by atoms with Crippen molar-refractivity contribution >= 4 is 44.4 Å². The molecule has 0 saturated heterocycles. The smallest absolute Gasteiger partial charge is 0.423 e. The first-order chi connectivity index (χ1) is 5.95. The highest BCUT2D eigenvalue weighted by atomic mass is 79.9. The molecule has 0 saturated carbocycles. The van der Waals surface area contributed by atoms with Crippen LogP contribution in [-0.2, 0) is 0 Å². The Morgan fingerprint density at radius 3 is 2.38 bits per heavy atom. The molecular weight excluding hydrogens is 306 g/mol. The van der Waals surface area contributed by atoms with E-state index in [1.165, 1.54) is 0 Å². The van der Waals surface area contributed by atoms with Gasteiger partial charge in [-0.2, -0.15) is 0 Å². The van der Waals surface area contributed by atoms with Gasteiger partial charge in [0.2, 0.25) is 0 Å². The zero-order valence-corrected chi connectivity index (χ0v) is 9.86. The number of rotatable bonds is 1. The van der Waals surface area contributed by atoms with Crippen LogP contribution >= 0.6 is 31.9 Å². The van der Waals surface area contributed by atoms with Crippen LogP contribution in [0.4, 0.5) is 4.39 Å². The van der Waals surface area contributed by atoms with Crippen LogP contribution in [0, 0.1) is 12.7 Å². The number of hydrogen-bond donors (Lipinski definition) is 2. The van der Waals surface area contributed by atoms with Crippen molar-refractivity contribution in [3.63, 3.8) is 0 Å². The fourth-order valence-electron chi connectivity index (χ4n) is 0.981. The summed E-state index contributed by atoms with van der Waals surface area (Å²) in [4.78, 5) is 0. The standard InChI is InChI=1S/C7H6BBr2FO2/c1-3-2-4(9)6(10)5(7(3)11)8(12)13/h2,12-13H,1H3. The summed E-state index contributed by atoms with van der Waals surface area (Å²) in [5.74, 6) is -0.606. The molecule has 0 aliphatic carbocycles. The number of aryl methyl sites for hydroxylation is 1. The van der Waals surface area contributed by atoms with Crippen molar-refractivity contribution in [1.29, 1.82) is 0 Å². The van der Waals surface area contributed by atoms with Gasteiger partial charge in [-0.05, 0) is 50.4 Å². The topological polar surface area (TPSA) is 40.5 Å². The van der Waals surface area contributed by atoms with Gasteiger partial charge in [0.25, 0.3) is 0 Å². The molecule has 1 rings (SSSR count). The van der Waals surface area contributed by atoms with Crippen LogP contribution in [0.3, 0.4) is 0 Å². The highest BCUT2D eigenvalue weighted by Gasteiger charge is 2.23. The van der Waals surface area contributed by atoms with E-state index in [9.17, 15) is 4.39 Å². The first-order valence-corrected chi connectivity index (χ1v) is 5.04. The SMILES string of the molecule is Cc1cc(Br)c(Br)c(B(O)O)c1F. The molecule has 0 unspecified atom stereocenters. The second kappa shape index (κ2) is 4.08. The summed E-state index contributed by atoms with van der Waals surface area (Å²) in [5.41, 5.74) is 0.213. The van der Waals surface area contributed by atoms with Gasteiger partial charge in [0.15, 0.2) is 0 Å². The predicted octanol–water partition coefficient (Wildman–Crippen LogP) is 1.34. The van der Waals surface area contributed by atoms with E-state index < -0.39 is 12.9 Å². The van der Waals surface area contributed by atoms with Gasteiger partial charge in [-0.1, -0.05) is 0 Å². The Morgan fingerprint density at radius 1 is 1.38 bits per heavy atom. The normalized spacial score (nSPS) is 10.3. The summed E-state index contributed by atoms with van der Waals surface area (Å²) in [6.45, 7) is 1.55. The van der Waals surface area contributed by atoms with E-state index in [4.69, 9.17) is 10.0 Å². The van der Waals surface area contributed by atoms with Crippen molar-refractivity contribution in [1.82, 2.24) is 0 Å². The average molecular weight is 312 g/mol. The number of halogens is 3. The van der Waals surface area contributed by atoms with Crippen molar-refractivity contribution in [2.75, 3.05) is 0 Å². The molecule has 0 atom stereocenters.